The number of aryl methyl sites for hydroxylation is 1. The van der Waals surface area contributed by atoms with E-state index < -0.39 is 5.97 Å². The molecular formula is C10H13NO2. The van der Waals surface area contributed by atoms with Crippen molar-refractivity contribution in [2.24, 2.45) is 0 Å². The Bertz CT molecular complexity index is 321. The van der Waals surface area contributed by atoms with Crippen molar-refractivity contribution in [3.63, 3.8) is 0 Å². The van der Waals surface area contributed by atoms with Crippen LogP contribution in [0.25, 0.3) is 0 Å². The Balaban J connectivity index is 3.27. The van der Waals surface area contributed by atoms with E-state index >= 15 is 0 Å². The summed E-state index contributed by atoms with van der Waals surface area (Å²) >= 11 is 0. The largest absolute Gasteiger partial charge is 0.478 e. The molecule has 1 aromatic carbocycles. The molecule has 0 unspecified atom stereocenters. The third-order valence-electron chi connectivity index (χ3n) is 2.01. The second kappa shape index (κ2) is 3.94. The molecule has 13 heavy (non-hydrogen) atoms. The highest BCUT2D eigenvalue weighted by atomic mass is 16.4. The first-order valence-corrected chi connectivity index (χ1v) is 4.23. The molecule has 3 heteroatoms. The number of carbonyl (C=O) groups is 1. The van der Waals surface area contributed by atoms with Gasteiger partial charge in [0.25, 0.3) is 0 Å². The zero-order chi connectivity index (χ0) is 9.84. The Labute approximate surface area is 77.4 Å². The normalized spacial score (nSPS) is 9.69. The molecule has 3 nitrogen and oxygen atoms in total. The van der Waals surface area contributed by atoms with Gasteiger partial charge < -0.3 is 10.4 Å². The van der Waals surface area contributed by atoms with E-state index in [0.29, 0.717) is 5.56 Å². The molecule has 0 bridgehead atoms. The van der Waals surface area contributed by atoms with E-state index in [-0.39, 0.29) is 0 Å². The number of hydrogen-bond donors (Lipinski definition) is 2. The summed E-state index contributed by atoms with van der Waals surface area (Å²) < 4.78 is 0. The van der Waals surface area contributed by atoms with Crippen LogP contribution in [-0.4, -0.2) is 18.1 Å². The zero-order valence-corrected chi connectivity index (χ0v) is 7.79. The molecule has 0 aliphatic rings. The van der Waals surface area contributed by atoms with Gasteiger partial charge in [0.2, 0.25) is 0 Å². The number of nitrogens with one attached hydrogen (secondary N) is 1. The van der Waals surface area contributed by atoms with Crippen LogP contribution < -0.4 is 5.32 Å². The van der Waals surface area contributed by atoms with Crippen molar-refractivity contribution in [1.29, 1.82) is 0 Å². The van der Waals surface area contributed by atoms with Gasteiger partial charge in [-0.2, -0.15) is 0 Å². The van der Waals surface area contributed by atoms with Gasteiger partial charge in [-0.15, -0.1) is 0 Å². The van der Waals surface area contributed by atoms with Crippen molar-refractivity contribution in [3.05, 3.63) is 29.3 Å². The van der Waals surface area contributed by atoms with Gasteiger partial charge in [-0.05, 0) is 18.1 Å². The molecule has 2 N–H and O–H groups in total. The lowest BCUT2D eigenvalue weighted by atomic mass is 10.1. The first kappa shape index (κ1) is 9.58. The molecule has 0 fully saturated rings. The summed E-state index contributed by atoms with van der Waals surface area (Å²) in [5.41, 5.74) is 2.08. The van der Waals surface area contributed by atoms with Crippen molar-refractivity contribution < 1.29 is 9.90 Å². The molecule has 0 heterocycles. The lowest BCUT2D eigenvalue weighted by molar-refractivity contribution is 0.0698. The first-order valence-electron chi connectivity index (χ1n) is 4.23. The Morgan fingerprint density at radius 2 is 2.23 bits per heavy atom. The van der Waals surface area contributed by atoms with E-state index in [4.69, 9.17) is 5.11 Å². The van der Waals surface area contributed by atoms with Crippen LogP contribution in [-0.2, 0) is 6.42 Å². The maximum Gasteiger partial charge on any atom is 0.337 e. The Morgan fingerprint density at radius 3 is 2.69 bits per heavy atom. The van der Waals surface area contributed by atoms with Gasteiger partial charge in [0.15, 0.2) is 0 Å². The third kappa shape index (κ3) is 1.80. The molecule has 0 atom stereocenters. The van der Waals surface area contributed by atoms with Crippen molar-refractivity contribution in [3.8, 4) is 0 Å². The topological polar surface area (TPSA) is 49.3 Å². The second-order valence-electron chi connectivity index (χ2n) is 2.75. The van der Waals surface area contributed by atoms with Crippen molar-refractivity contribution in [2.75, 3.05) is 12.4 Å². The molecular weight excluding hydrogens is 166 g/mol. The SMILES string of the molecule is CCc1cccc(C(=O)O)c1NC. The predicted octanol–water partition coefficient (Wildman–Crippen LogP) is 1.99. The molecule has 0 spiro atoms. The quantitative estimate of drug-likeness (QED) is 0.746. The maximum absolute atomic E-state index is 10.8. The maximum atomic E-state index is 10.8. The summed E-state index contributed by atoms with van der Waals surface area (Å²) in [6, 6.07) is 5.30. The molecule has 1 aromatic rings. The van der Waals surface area contributed by atoms with E-state index in [1.54, 1.807) is 19.2 Å². The minimum Gasteiger partial charge on any atom is -0.478 e. The van der Waals surface area contributed by atoms with Crippen LogP contribution in [0, 0.1) is 0 Å². The molecule has 0 aliphatic heterocycles. The third-order valence-corrected chi connectivity index (χ3v) is 2.01. The summed E-state index contributed by atoms with van der Waals surface area (Å²) in [6.45, 7) is 2.00. The molecule has 0 amide bonds. The fourth-order valence-electron chi connectivity index (χ4n) is 1.37. The first-order chi connectivity index (χ1) is 6.20. The second-order valence-corrected chi connectivity index (χ2v) is 2.75. The van der Waals surface area contributed by atoms with Crippen molar-refractivity contribution in [2.45, 2.75) is 13.3 Å². The van der Waals surface area contributed by atoms with Crippen molar-refractivity contribution >= 4 is 11.7 Å². The van der Waals surface area contributed by atoms with E-state index in [0.717, 1.165) is 17.7 Å². The summed E-state index contributed by atoms with van der Waals surface area (Å²) in [5.74, 6) is -0.889. The summed E-state index contributed by atoms with van der Waals surface area (Å²) in [7, 11) is 1.74. The van der Waals surface area contributed by atoms with Crippen LogP contribution in [0.2, 0.25) is 0 Å². The van der Waals surface area contributed by atoms with Crippen LogP contribution in [0.15, 0.2) is 18.2 Å². The average molecular weight is 179 g/mol. The molecule has 0 saturated carbocycles. The summed E-state index contributed by atoms with van der Waals surface area (Å²) in [5, 5.41) is 11.8. The van der Waals surface area contributed by atoms with Crippen LogP contribution in [0.4, 0.5) is 5.69 Å². The highest BCUT2D eigenvalue weighted by Crippen LogP contribution is 2.20. The number of hydrogen-bond acceptors (Lipinski definition) is 2. The number of carboxylic acid groups (broad SMARTS) is 1. The lowest BCUT2D eigenvalue weighted by Gasteiger charge is -2.09. The number of carboxylic acids is 1. The number of anilines is 1. The van der Waals surface area contributed by atoms with Crippen LogP contribution in [0.1, 0.15) is 22.8 Å². The Kier molecular flexibility index (Phi) is 2.90. The smallest absolute Gasteiger partial charge is 0.337 e. The minimum absolute atomic E-state index is 0.335. The van der Waals surface area contributed by atoms with Gasteiger partial charge >= 0.3 is 5.97 Å². The molecule has 0 saturated heterocycles. The average Bonchev–Trinajstić information content (AvgIpc) is 2.16. The highest BCUT2D eigenvalue weighted by molar-refractivity contribution is 5.95. The van der Waals surface area contributed by atoms with Gasteiger partial charge in [0, 0.05) is 7.05 Å². The van der Waals surface area contributed by atoms with E-state index in [1.165, 1.54) is 0 Å². The highest BCUT2D eigenvalue weighted by Gasteiger charge is 2.10. The van der Waals surface area contributed by atoms with Crippen LogP contribution in [0.5, 0.6) is 0 Å². The van der Waals surface area contributed by atoms with Crippen LogP contribution >= 0.6 is 0 Å². The number of aromatic carboxylic acids is 1. The van der Waals surface area contributed by atoms with Crippen molar-refractivity contribution in [1.82, 2.24) is 0 Å². The summed E-state index contributed by atoms with van der Waals surface area (Å²) in [4.78, 5) is 10.8. The molecule has 70 valence electrons. The van der Waals surface area contributed by atoms with E-state index in [1.807, 2.05) is 13.0 Å². The number of benzene rings is 1. The number of para-hydroxylation sites is 1. The van der Waals surface area contributed by atoms with E-state index in [9.17, 15) is 4.79 Å². The Morgan fingerprint density at radius 1 is 1.54 bits per heavy atom. The van der Waals surface area contributed by atoms with Crippen LogP contribution in [0.3, 0.4) is 0 Å². The fourth-order valence-corrected chi connectivity index (χ4v) is 1.37. The summed E-state index contributed by atoms with van der Waals surface area (Å²) in [6.07, 6.45) is 0.831. The van der Waals surface area contributed by atoms with Gasteiger partial charge in [0.05, 0.1) is 11.3 Å². The molecule has 0 aliphatic carbocycles. The van der Waals surface area contributed by atoms with Gasteiger partial charge in [-0.25, -0.2) is 4.79 Å². The minimum atomic E-state index is -0.889. The monoisotopic (exact) mass is 179 g/mol. The molecule has 0 radical (unpaired) electrons. The fraction of sp³-hybridized carbons (Fsp3) is 0.300. The van der Waals surface area contributed by atoms with Gasteiger partial charge in [-0.1, -0.05) is 19.1 Å². The van der Waals surface area contributed by atoms with Gasteiger partial charge in [0.1, 0.15) is 0 Å². The molecule has 1 rings (SSSR count). The lowest BCUT2D eigenvalue weighted by Crippen LogP contribution is -2.05. The van der Waals surface area contributed by atoms with E-state index in [2.05, 4.69) is 5.32 Å². The number of rotatable bonds is 3. The van der Waals surface area contributed by atoms with Gasteiger partial charge in [-0.3, -0.25) is 0 Å². The molecule has 0 aromatic heterocycles. The predicted molar refractivity (Wildman–Crippen MR) is 52.3 cm³/mol. The standard InChI is InChI=1S/C10H13NO2/c1-3-7-5-4-6-8(10(12)13)9(7)11-2/h4-6,11H,3H2,1-2H3,(H,12,13). The zero-order valence-electron chi connectivity index (χ0n) is 7.79. The Hall–Kier alpha value is -1.51.